The van der Waals surface area contributed by atoms with Gasteiger partial charge in [0.15, 0.2) is 0 Å². The molecular weight excluding hydrogens is 264 g/mol. The minimum absolute atomic E-state index is 0.129. The van der Waals surface area contributed by atoms with Crippen molar-refractivity contribution in [1.82, 2.24) is 9.78 Å². The monoisotopic (exact) mass is 286 g/mol. The van der Waals surface area contributed by atoms with E-state index in [1.165, 1.54) is 0 Å². The van der Waals surface area contributed by atoms with Crippen molar-refractivity contribution in [2.45, 2.75) is 20.8 Å². The van der Waals surface area contributed by atoms with Crippen LogP contribution in [0.25, 0.3) is 0 Å². The van der Waals surface area contributed by atoms with Gasteiger partial charge in [0.25, 0.3) is 5.91 Å². The molecule has 0 aliphatic rings. The maximum absolute atomic E-state index is 12.2. The highest BCUT2D eigenvalue weighted by atomic mass is 16.1. The molecule has 2 aromatic rings. The second kappa shape index (κ2) is 6.43. The molecule has 0 saturated carbocycles. The Hall–Kier alpha value is -2.30. The van der Waals surface area contributed by atoms with Gasteiger partial charge in [-0.05, 0) is 45.0 Å². The lowest BCUT2D eigenvalue weighted by atomic mass is 10.2. The number of amides is 1. The molecule has 1 N–H and O–H groups in total. The van der Waals surface area contributed by atoms with Gasteiger partial charge in [-0.15, -0.1) is 0 Å². The van der Waals surface area contributed by atoms with E-state index in [-0.39, 0.29) is 5.91 Å². The molecule has 5 nitrogen and oxygen atoms in total. The van der Waals surface area contributed by atoms with Gasteiger partial charge >= 0.3 is 0 Å². The topological polar surface area (TPSA) is 50.2 Å². The SMILES string of the molecule is CCN(CC)c1ccc(NC(=O)c2cn(C)nc2C)cc1. The Morgan fingerprint density at radius 2 is 1.86 bits per heavy atom. The van der Waals surface area contributed by atoms with Crippen molar-refractivity contribution < 1.29 is 4.79 Å². The Morgan fingerprint density at radius 1 is 1.24 bits per heavy atom. The van der Waals surface area contributed by atoms with Crippen LogP contribution in [0.4, 0.5) is 11.4 Å². The number of benzene rings is 1. The predicted molar refractivity (Wildman–Crippen MR) is 85.9 cm³/mol. The zero-order chi connectivity index (χ0) is 15.4. The molecular formula is C16H22N4O. The third-order valence-electron chi connectivity index (χ3n) is 3.51. The summed E-state index contributed by atoms with van der Waals surface area (Å²) in [5.41, 5.74) is 3.29. The average Bonchev–Trinajstić information content (AvgIpc) is 2.81. The first-order chi connectivity index (χ1) is 10.0. The van der Waals surface area contributed by atoms with Crippen LogP contribution in [0.5, 0.6) is 0 Å². The summed E-state index contributed by atoms with van der Waals surface area (Å²) < 4.78 is 1.65. The first-order valence-electron chi connectivity index (χ1n) is 7.21. The molecule has 112 valence electrons. The van der Waals surface area contributed by atoms with Crippen LogP contribution in [-0.2, 0) is 7.05 Å². The third kappa shape index (κ3) is 3.42. The molecule has 0 saturated heterocycles. The molecule has 1 aromatic heterocycles. The maximum Gasteiger partial charge on any atom is 0.259 e. The summed E-state index contributed by atoms with van der Waals surface area (Å²) in [6.07, 6.45) is 1.73. The van der Waals surface area contributed by atoms with E-state index in [4.69, 9.17) is 0 Å². The highest BCUT2D eigenvalue weighted by Crippen LogP contribution is 2.18. The van der Waals surface area contributed by atoms with Crippen LogP contribution in [0.15, 0.2) is 30.5 Å². The summed E-state index contributed by atoms with van der Waals surface area (Å²) in [7, 11) is 1.81. The number of anilines is 2. The van der Waals surface area contributed by atoms with Gasteiger partial charge in [-0.1, -0.05) is 0 Å². The molecule has 1 heterocycles. The number of aryl methyl sites for hydroxylation is 2. The van der Waals surface area contributed by atoms with E-state index >= 15 is 0 Å². The molecule has 0 aliphatic heterocycles. The normalized spacial score (nSPS) is 10.5. The van der Waals surface area contributed by atoms with Crippen LogP contribution in [0.1, 0.15) is 29.9 Å². The first kappa shape index (κ1) is 15.1. The summed E-state index contributed by atoms with van der Waals surface area (Å²) in [5.74, 6) is -0.129. The number of nitrogens with zero attached hydrogens (tertiary/aromatic N) is 3. The number of carbonyl (C=O) groups excluding carboxylic acids is 1. The lowest BCUT2D eigenvalue weighted by Crippen LogP contribution is -2.21. The van der Waals surface area contributed by atoms with Gasteiger partial charge in [0.2, 0.25) is 0 Å². The molecule has 1 amide bonds. The van der Waals surface area contributed by atoms with Crippen molar-refractivity contribution in [3.05, 3.63) is 41.7 Å². The van der Waals surface area contributed by atoms with Crippen molar-refractivity contribution in [2.75, 3.05) is 23.3 Å². The molecule has 0 spiro atoms. The van der Waals surface area contributed by atoms with Crippen molar-refractivity contribution in [1.29, 1.82) is 0 Å². The smallest absolute Gasteiger partial charge is 0.259 e. The van der Waals surface area contributed by atoms with E-state index in [9.17, 15) is 4.79 Å². The number of hydrogen-bond donors (Lipinski definition) is 1. The molecule has 0 aliphatic carbocycles. The van der Waals surface area contributed by atoms with Crippen molar-refractivity contribution >= 4 is 17.3 Å². The van der Waals surface area contributed by atoms with Crippen LogP contribution in [0.3, 0.4) is 0 Å². The predicted octanol–water partition coefficient (Wildman–Crippen LogP) is 2.83. The second-order valence-corrected chi connectivity index (χ2v) is 4.98. The van der Waals surface area contributed by atoms with Crippen LogP contribution < -0.4 is 10.2 Å². The first-order valence-corrected chi connectivity index (χ1v) is 7.21. The molecule has 21 heavy (non-hydrogen) atoms. The number of aromatic nitrogens is 2. The lowest BCUT2D eigenvalue weighted by molar-refractivity contribution is 0.102. The van der Waals surface area contributed by atoms with Gasteiger partial charge in [-0.2, -0.15) is 5.10 Å². The average molecular weight is 286 g/mol. The summed E-state index contributed by atoms with van der Waals surface area (Å²) in [4.78, 5) is 14.5. The van der Waals surface area contributed by atoms with E-state index in [1.807, 2.05) is 38.2 Å². The van der Waals surface area contributed by atoms with Gasteiger partial charge in [0, 0.05) is 37.7 Å². The van der Waals surface area contributed by atoms with Crippen molar-refractivity contribution in [3.63, 3.8) is 0 Å². The van der Waals surface area contributed by atoms with Gasteiger partial charge in [-0.3, -0.25) is 9.48 Å². The molecule has 0 unspecified atom stereocenters. The van der Waals surface area contributed by atoms with Gasteiger partial charge in [-0.25, -0.2) is 0 Å². The molecule has 0 bridgehead atoms. The highest BCUT2D eigenvalue weighted by Gasteiger charge is 2.12. The molecule has 1 aromatic carbocycles. The quantitative estimate of drug-likeness (QED) is 0.919. The van der Waals surface area contributed by atoms with Gasteiger partial charge in [0.05, 0.1) is 11.3 Å². The van der Waals surface area contributed by atoms with Crippen LogP contribution in [0, 0.1) is 6.92 Å². The Morgan fingerprint density at radius 3 is 2.33 bits per heavy atom. The zero-order valence-corrected chi connectivity index (χ0v) is 13.1. The molecule has 2 rings (SSSR count). The minimum atomic E-state index is -0.129. The maximum atomic E-state index is 12.2. The standard InChI is InChI=1S/C16H22N4O/c1-5-20(6-2)14-9-7-13(8-10-14)17-16(21)15-11-19(4)18-12(15)3/h7-11H,5-6H2,1-4H3,(H,17,21). The van der Waals surface area contributed by atoms with Crippen LogP contribution in [-0.4, -0.2) is 28.8 Å². The van der Waals surface area contributed by atoms with E-state index in [2.05, 4.69) is 29.2 Å². The summed E-state index contributed by atoms with van der Waals surface area (Å²) >= 11 is 0. The molecule has 0 atom stereocenters. The number of carbonyl (C=O) groups is 1. The third-order valence-corrected chi connectivity index (χ3v) is 3.51. The van der Waals surface area contributed by atoms with Gasteiger partial charge in [0.1, 0.15) is 0 Å². The van der Waals surface area contributed by atoms with E-state index < -0.39 is 0 Å². The number of nitrogens with one attached hydrogen (secondary N) is 1. The lowest BCUT2D eigenvalue weighted by Gasteiger charge is -2.21. The largest absolute Gasteiger partial charge is 0.372 e. The van der Waals surface area contributed by atoms with E-state index in [0.29, 0.717) is 5.56 Å². The number of rotatable bonds is 5. The molecule has 5 heteroatoms. The fraction of sp³-hybridized carbons (Fsp3) is 0.375. The van der Waals surface area contributed by atoms with E-state index in [0.717, 1.165) is 30.2 Å². The Labute approximate surface area is 125 Å². The summed E-state index contributed by atoms with van der Waals surface area (Å²) in [6, 6.07) is 7.91. The van der Waals surface area contributed by atoms with E-state index in [1.54, 1.807) is 10.9 Å². The fourth-order valence-corrected chi connectivity index (χ4v) is 2.37. The molecule has 0 fully saturated rings. The van der Waals surface area contributed by atoms with Crippen molar-refractivity contribution in [2.24, 2.45) is 7.05 Å². The fourth-order valence-electron chi connectivity index (χ4n) is 2.37. The summed E-state index contributed by atoms with van der Waals surface area (Å²) in [6.45, 7) is 8.03. The Balaban J connectivity index is 2.10. The molecule has 0 radical (unpaired) electrons. The van der Waals surface area contributed by atoms with Crippen molar-refractivity contribution in [3.8, 4) is 0 Å². The second-order valence-electron chi connectivity index (χ2n) is 4.98. The Kier molecular flexibility index (Phi) is 4.62. The minimum Gasteiger partial charge on any atom is -0.372 e. The van der Waals surface area contributed by atoms with Crippen LogP contribution in [0.2, 0.25) is 0 Å². The Bertz CT molecular complexity index is 612. The van der Waals surface area contributed by atoms with Crippen LogP contribution >= 0.6 is 0 Å². The number of hydrogen-bond acceptors (Lipinski definition) is 3. The summed E-state index contributed by atoms with van der Waals surface area (Å²) in [5, 5.41) is 7.09. The van der Waals surface area contributed by atoms with Gasteiger partial charge < -0.3 is 10.2 Å². The zero-order valence-electron chi connectivity index (χ0n) is 13.1. The highest BCUT2D eigenvalue weighted by molar-refractivity contribution is 6.04.